The highest BCUT2D eigenvalue weighted by atomic mass is 32.1. The molecule has 0 fully saturated rings. The highest BCUT2D eigenvalue weighted by Gasteiger charge is 2.07. The number of rotatable bonds is 4. The van der Waals surface area contributed by atoms with Gasteiger partial charge in [0.25, 0.3) is 0 Å². The zero-order valence-electron chi connectivity index (χ0n) is 11.1. The third-order valence-electron chi connectivity index (χ3n) is 3.15. The van der Waals surface area contributed by atoms with Gasteiger partial charge in [-0.25, -0.2) is 14.4 Å². The minimum absolute atomic E-state index is 0.201. The van der Waals surface area contributed by atoms with Crippen LogP contribution in [0.3, 0.4) is 0 Å². The second-order valence-corrected chi connectivity index (χ2v) is 5.50. The molecule has 1 aromatic carbocycles. The van der Waals surface area contributed by atoms with E-state index in [1.807, 2.05) is 19.1 Å². The second kappa shape index (κ2) is 5.54. The number of benzene rings is 1. The molecule has 2 heterocycles. The summed E-state index contributed by atoms with van der Waals surface area (Å²) in [4.78, 5) is 8.59. The number of aromatic nitrogens is 2. The molecule has 3 nitrogen and oxygen atoms in total. The van der Waals surface area contributed by atoms with Crippen molar-refractivity contribution in [3.8, 4) is 0 Å². The summed E-state index contributed by atoms with van der Waals surface area (Å²) in [5, 5.41) is 5.42. The molecule has 0 saturated heterocycles. The number of aryl methyl sites for hydroxylation is 1. The molecule has 0 atom stereocenters. The Morgan fingerprint density at radius 3 is 2.80 bits per heavy atom. The van der Waals surface area contributed by atoms with Crippen LogP contribution in [0.1, 0.15) is 11.1 Å². The summed E-state index contributed by atoms with van der Waals surface area (Å²) >= 11 is 1.65. The van der Waals surface area contributed by atoms with Crippen LogP contribution in [0, 0.1) is 12.7 Å². The van der Waals surface area contributed by atoms with Crippen LogP contribution in [0.5, 0.6) is 0 Å². The van der Waals surface area contributed by atoms with E-state index in [0.29, 0.717) is 0 Å². The fourth-order valence-corrected chi connectivity index (χ4v) is 3.04. The number of thiophene rings is 1. The van der Waals surface area contributed by atoms with Crippen LogP contribution in [0.25, 0.3) is 10.2 Å². The third-order valence-corrected chi connectivity index (χ3v) is 4.24. The van der Waals surface area contributed by atoms with Crippen LogP contribution < -0.4 is 5.32 Å². The maximum absolute atomic E-state index is 12.8. The van der Waals surface area contributed by atoms with E-state index in [1.165, 1.54) is 17.7 Å². The Labute approximate surface area is 120 Å². The minimum Gasteiger partial charge on any atom is -0.368 e. The Kier molecular flexibility index (Phi) is 3.60. The van der Waals surface area contributed by atoms with Gasteiger partial charge in [-0.1, -0.05) is 12.1 Å². The Bertz CT molecular complexity index is 722. The molecule has 0 spiro atoms. The summed E-state index contributed by atoms with van der Waals surface area (Å²) in [6, 6.07) is 6.59. The van der Waals surface area contributed by atoms with Crippen LogP contribution in [0.15, 0.2) is 36.0 Å². The Balaban J connectivity index is 1.69. The SMILES string of the molecule is Cc1csc2c(NCCc3ccc(F)cc3)ncnc12. The third kappa shape index (κ3) is 2.63. The molecular formula is C15H14FN3S. The molecule has 0 radical (unpaired) electrons. The molecule has 5 heteroatoms. The first-order valence-electron chi connectivity index (χ1n) is 6.41. The van der Waals surface area contributed by atoms with E-state index in [-0.39, 0.29) is 5.82 Å². The predicted molar refractivity (Wildman–Crippen MR) is 80.7 cm³/mol. The molecule has 0 aliphatic rings. The largest absolute Gasteiger partial charge is 0.368 e. The molecule has 2 aromatic heterocycles. The maximum Gasteiger partial charge on any atom is 0.147 e. The van der Waals surface area contributed by atoms with Crippen molar-refractivity contribution in [2.75, 3.05) is 11.9 Å². The van der Waals surface area contributed by atoms with E-state index in [9.17, 15) is 4.39 Å². The van der Waals surface area contributed by atoms with Crippen molar-refractivity contribution in [1.29, 1.82) is 0 Å². The zero-order valence-corrected chi connectivity index (χ0v) is 11.9. The van der Waals surface area contributed by atoms with Crippen molar-refractivity contribution in [3.05, 3.63) is 52.9 Å². The summed E-state index contributed by atoms with van der Waals surface area (Å²) in [6.45, 7) is 2.81. The molecular weight excluding hydrogens is 273 g/mol. The van der Waals surface area contributed by atoms with Crippen molar-refractivity contribution in [3.63, 3.8) is 0 Å². The van der Waals surface area contributed by atoms with Gasteiger partial charge in [0, 0.05) is 6.54 Å². The predicted octanol–water partition coefficient (Wildman–Crippen LogP) is 3.79. The molecule has 3 rings (SSSR count). The normalized spacial score (nSPS) is 10.9. The van der Waals surface area contributed by atoms with Crippen LogP contribution in [0.2, 0.25) is 0 Å². The monoisotopic (exact) mass is 287 g/mol. The summed E-state index contributed by atoms with van der Waals surface area (Å²) in [7, 11) is 0. The molecule has 0 aliphatic heterocycles. The van der Waals surface area contributed by atoms with E-state index in [1.54, 1.807) is 17.7 Å². The number of nitrogens with one attached hydrogen (secondary N) is 1. The smallest absolute Gasteiger partial charge is 0.147 e. The molecule has 0 unspecified atom stereocenters. The first-order valence-corrected chi connectivity index (χ1v) is 7.29. The fourth-order valence-electron chi connectivity index (χ4n) is 2.07. The number of anilines is 1. The van der Waals surface area contributed by atoms with Gasteiger partial charge in [-0.15, -0.1) is 11.3 Å². The van der Waals surface area contributed by atoms with Crippen molar-refractivity contribution in [1.82, 2.24) is 9.97 Å². The average molecular weight is 287 g/mol. The van der Waals surface area contributed by atoms with Gasteiger partial charge in [-0.2, -0.15) is 0 Å². The Morgan fingerprint density at radius 2 is 2.00 bits per heavy atom. The van der Waals surface area contributed by atoms with Crippen molar-refractivity contribution in [2.45, 2.75) is 13.3 Å². The molecule has 0 bridgehead atoms. The van der Waals surface area contributed by atoms with Crippen LogP contribution in [-0.2, 0) is 6.42 Å². The van der Waals surface area contributed by atoms with Gasteiger partial charge >= 0.3 is 0 Å². The van der Waals surface area contributed by atoms with Gasteiger partial charge in [0.15, 0.2) is 0 Å². The van der Waals surface area contributed by atoms with Crippen LogP contribution in [0.4, 0.5) is 10.2 Å². The van der Waals surface area contributed by atoms with Crippen molar-refractivity contribution in [2.24, 2.45) is 0 Å². The highest BCUT2D eigenvalue weighted by molar-refractivity contribution is 7.18. The molecule has 102 valence electrons. The molecule has 3 aromatic rings. The lowest BCUT2D eigenvalue weighted by atomic mass is 10.1. The van der Waals surface area contributed by atoms with Gasteiger partial charge in [0.05, 0.1) is 10.2 Å². The summed E-state index contributed by atoms with van der Waals surface area (Å²) < 4.78 is 13.9. The fraction of sp³-hybridized carbons (Fsp3) is 0.200. The number of fused-ring (bicyclic) bond motifs is 1. The molecule has 0 amide bonds. The van der Waals surface area contributed by atoms with Crippen LogP contribution >= 0.6 is 11.3 Å². The van der Waals surface area contributed by atoms with E-state index in [2.05, 4.69) is 20.7 Å². The first-order chi connectivity index (χ1) is 9.74. The first kappa shape index (κ1) is 13.0. The zero-order chi connectivity index (χ0) is 13.9. The number of hydrogen-bond acceptors (Lipinski definition) is 4. The lowest BCUT2D eigenvalue weighted by Crippen LogP contribution is -2.06. The van der Waals surface area contributed by atoms with Crippen molar-refractivity contribution < 1.29 is 4.39 Å². The van der Waals surface area contributed by atoms with Gasteiger partial charge in [0.1, 0.15) is 18.0 Å². The van der Waals surface area contributed by atoms with Crippen molar-refractivity contribution >= 4 is 27.4 Å². The quantitative estimate of drug-likeness (QED) is 0.793. The highest BCUT2D eigenvalue weighted by Crippen LogP contribution is 2.28. The molecule has 0 saturated carbocycles. The lowest BCUT2D eigenvalue weighted by molar-refractivity contribution is 0.627. The van der Waals surface area contributed by atoms with Gasteiger partial charge in [-0.05, 0) is 42.0 Å². The average Bonchev–Trinajstić information content (AvgIpc) is 2.84. The summed E-state index contributed by atoms with van der Waals surface area (Å²) in [6.07, 6.45) is 2.42. The maximum atomic E-state index is 12.8. The number of nitrogens with zero attached hydrogens (tertiary/aromatic N) is 2. The summed E-state index contributed by atoms with van der Waals surface area (Å²) in [5.74, 6) is 0.670. The Hall–Kier alpha value is -2.01. The molecule has 0 aliphatic carbocycles. The van der Waals surface area contributed by atoms with E-state index >= 15 is 0 Å². The summed E-state index contributed by atoms with van der Waals surface area (Å²) in [5.41, 5.74) is 3.29. The second-order valence-electron chi connectivity index (χ2n) is 4.62. The van der Waals surface area contributed by atoms with Gasteiger partial charge in [0.2, 0.25) is 0 Å². The topological polar surface area (TPSA) is 37.8 Å². The van der Waals surface area contributed by atoms with E-state index in [0.717, 1.165) is 34.6 Å². The number of hydrogen-bond donors (Lipinski definition) is 1. The van der Waals surface area contributed by atoms with E-state index < -0.39 is 0 Å². The lowest BCUT2D eigenvalue weighted by Gasteiger charge is -2.06. The standard InChI is InChI=1S/C15H14FN3S/c1-10-8-20-14-13(10)18-9-19-15(14)17-7-6-11-2-4-12(16)5-3-11/h2-5,8-9H,6-7H2,1H3,(H,17,18,19). The number of halogens is 1. The van der Waals surface area contributed by atoms with Gasteiger partial charge in [-0.3, -0.25) is 0 Å². The Morgan fingerprint density at radius 1 is 1.20 bits per heavy atom. The molecule has 20 heavy (non-hydrogen) atoms. The van der Waals surface area contributed by atoms with E-state index in [4.69, 9.17) is 0 Å². The molecule has 1 N–H and O–H groups in total. The van der Waals surface area contributed by atoms with Gasteiger partial charge < -0.3 is 5.32 Å². The van der Waals surface area contributed by atoms with Crippen LogP contribution in [-0.4, -0.2) is 16.5 Å². The minimum atomic E-state index is -0.201.